The molecule has 1 amide bonds. The molecule has 180 valence electrons. The Bertz CT molecular complexity index is 1500. The van der Waals surface area contributed by atoms with Crippen molar-refractivity contribution in [2.75, 3.05) is 12.4 Å². The summed E-state index contributed by atoms with van der Waals surface area (Å²) in [5, 5.41) is 4.82. The summed E-state index contributed by atoms with van der Waals surface area (Å²) >= 11 is 1.52. The molecule has 1 N–H and O–H groups in total. The lowest BCUT2D eigenvalue weighted by Crippen LogP contribution is -2.23. The van der Waals surface area contributed by atoms with E-state index in [1.165, 1.54) is 11.8 Å². The standard InChI is InChI=1S/C30H26N2O3S/c1-3-28(30(34)32-26-13-6-4-11-24(26)25-12-5-7-14-27(25)32)36-23-10-8-9-21(19-23)31-29(33)20-15-17-22(35-2)18-16-20/h4-19,28H,3H2,1-2H3,(H,31,33). The van der Waals surface area contributed by atoms with Crippen LogP contribution >= 0.6 is 11.8 Å². The number of hydrogen-bond donors (Lipinski definition) is 1. The van der Waals surface area contributed by atoms with Crippen LogP contribution in [0.4, 0.5) is 5.69 Å². The van der Waals surface area contributed by atoms with Crippen LogP contribution < -0.4 is 10.1 Å². The highest BCUT2D eigenvalue weighted by Gasteiger charge is 2.24. The normalized spacial score (nSPS) is 11.9. The van der Waals surface area contributed by atoms with Crippen molar-refractivity contribution in [3.8, 4) is 5.75 Å². The van der Waals surface area contributed by atoms with Gasteiger partial charge >= 0.3 is 0 Å². The van der Waals surface area contributed by atoms with Crippen molar-refractivity contribution in [2.24, 2.45) is 0 Å². The summed E-state index contributed by atoms with van der Waals surface area (Å²) in [5.74, 6) is 0.546. The van der Waals surface area contributed by atoms with E-state index in [2.05, 4.69) is 17.4 Å². The van der Waals surface area contributed by atoms with Crippen LogP contribution in [0.1, 0.15) is 28.5 Å². The molecule has 5 nitrogen and oxygen atoms in total. The van der Waals surface area contributed by atoms with Gasteiger partial charge in [-0.25, -0.2) is 0 Å². The molecular weight excluding hydrogens is 468 g/mol. The van der Waals surface area contributed by atoms with Gasteiger partial charge in [0.05, 0.1) is 23.4 Å². The van der Waals surface area contributed by atoms with Crippen molar-refractivity contribution >= 4 is 51.1 Å². The third-order valence-electron chi connectivity index (χ3n) is 6.17. The maximum Gasteiger partial charge on any atom is 0.255 e. The highest BCUT2D eigenvalue weighted by molar-refractivity contribution is 8.00. The van der Waals surface area contributed by atoms with Crippen molar-refractivity contribution in [2.45, 2.75) is 23.5 Å². The zero-order valence-corrected chi connectivity index (χ0v) is 20.9. The first kappa shape index (κ1) is 23.7. The van der Waals surface area contributed by atoms with Crippen LogP contribution in [0.2, 0.25) is 0 Å². The fraction of sp³-hybridized carbons (Fsp3) is 0.133. The van der Waals surface area contributed by atoms with Crippen LogP contribution in [0.15, 0.2) is 102 Å². The fourth-order valence-corrected chi connectivity index (χ4v) is 5.42. The molecule has 0 aliphatic heterocycles. The lowest BCUT2D eigenvalue weighted by molar-refractivity contribution is 0.0918. The number of carbonyl (C=O) groups is 2. The van der Waals surface area contributed by atoms with Crippen molar-refractivity contribution in [3.63, 3.8) is 0 Å². The van der Waals surface area contributed by atoms with Gasteiger partial charge in [-0.15, -0.1) is 11.8 Å². The SMILES string of the molecule is CCC(Sc1cccc(NC(=O)c2ccc(OC)cc2)c1)C(=O)n1c2ccccc2c2ccccc21. The van der Waals surface area contributed by atoms with Crippen molar-refractivity contribution in [1.82, 2.24) is 4.57 Å². The third-order valence-corrected chi connectivity index (χ3v) is 7.51. The van der Waals surface area contributed by atoms with Crippen LogP contribution in [0, 0.1) is 0 Å². The van der Waals surface area contributed by atoms with Crippen LogP contribution in [0.5, 0.6) is 5.75 Å². The largest absolute Gasteiger partial charge is 0.497 e. The number of fused-ring (bicyclic) bond motifs is 3. The summed E-state index contributed by atoms with van der Waals surface area (Å²) in [6.45, 7) is 2.03. The molecule has 1 unspecified atom stereocenters. The molecule has 1 aromatic heterocycles. The molecule has 0 bridgehead atoms. The number of hydrogen-bond acceptors (Lipinski definition) is 4. The Morgan fingerprint density at radius 3 is 2.11 bits per heavy atom. The molecular formula is C30H26N2O3S. The second-order valence-corrected chi connectivity index (χ2v) is 9.71. The first-order chi connectivity index (χ1) is 17.6. The Labute approximate surface area is 214 Å². The highest BCUT2D eigenvalue weighted by Crippen LogP contribution is 2.33. The summed E-state index contributed by atoms with van der Waals surface area (Å²) < 4.78 is 7.01. The van der Waals surface area contributed by atoms with E-state index in [1.807, 2.05) is 72.2 Å². The fourth-order valence-electron chi connectivity index (χ4n) is 4.37. The van der Waals surface area contributed by atoms with Crippen LogP contribution in [0.25, 0.3) is 21.8 Å². The Morgan fingerprint density at radius 1 is 0.861 bits per heavy atom. The number of benzene rings is 4. The van der Waals surface area contributed by atoms with E-state index < -0.39 is 0 Å². The minimum Gasteiger partial charge on any atom is -0.497 e. The average molecular weight is 495 g/mol. The van der Waals surface area contributed by atoms with Gasteiger partial charge in [-0.05, 0) is 61.0 Å². The van der Waals surface area contributed by atoms with Crippen LogP contribution in [-0.4, -0.2) is 28.7 Å². The Balaban J connectivity index is 1.39. The molecule has 0 radical (unpaired) electrons. The summed E-state index contributed by atoms with van der Waals surface area (Å²) in [6, 6.07) is 30.6. The van der Waals surface area contributed by atoms with E-state index in [-0.39, 0.29) is 17.1 Å². The number of methoxy groups -OCH3 is 1. The molecule has 1 heterocycles. The molecule has 0 spiro atoms. The van der Waals surface area contributed by atoms with Crippen molar-refractivity contribution in [1.29, 1.82) is 0 Å². The summed E-state index contributed by atoms with van der Waals surface area (Å²) in [4.78, 5) is 27.5. The van der Waals surface area contributed by atoms with Crippen molar-refractivity contribution < 1.29 is 14.3 Å². The number of carbonyl (C=O) groups excluding carboxylic acids is 2. The van der Waals surface area contributed by atoms with Gasteiger partial charge in [0.15, 0.2) is 0 Å². The van der Waals surface area contributed by atoms with E-state index in [0.717, 1.165) is 26.7 Å². The number of nitrogens with zero attached hydrogens (tertiary/aromatic N) is 1. The minimum absolute atomic E-state index is 0.0487. The summed E-state index contributed by atoms with van der Waals surface area (Å²) in [7, 11) is 1.59. The smallest absolute Gasteiger partial charge is 0.255 e. The average Bonchev–Trinajstić information content (AvgIpc) is 3.26. The molecule has 0 fully saturated rings. The van der Waals surface area contributed by atoms with Gasteiger partial charge in [0.25, 0.3) is 5.91 Å². The first-order valence-corrected chi connectivity index (χ1v) is 12.7. The van der Waals surface area contributed by atoms with E-state index in [4.69, 9.17) is 4.74 Å². The predicted octanol–water partition coefficient (Wildman–Crippen LogP) is 7.27. The number of nitrogens with one attached hydrogen (secondary N) is 1. The first-order valence-electron chi connectivity index (χ1n) is 11.8. The molecule has 0 aliphatic rings. The van der Waals surface area contributed by atoms with Crippen LogP contribution in [0.3, 0.4) is 0 Å². The molecule has 4 aromatic carbocycles. The second kappa shape index (κ2) is 10.3. The number of para-hydroxylation sites is 2. The maximum absolute atomic E-state index is 13.8. The number of aromatic nitrogens is 1. The van der Waals surface area contributed by atoms with Gasteiger partial charge in [-0.3, -0.25) is 14.2 Å². The maximum atomic E-state index is 13.8. The van der Waals surface area contributed by atoms with Gasteiger partial charge in [0.1, 0.15) is 5.75 Å². The topological polar surface area (TPSA) is 60.3 Å². The quantitative estimate of drug-likeness (QED) is 0.242. The van der Waals surface area contributed by atoms with E-state index in [1.54, 1.807) is 31.4 Å². The third kappa shape index (κ3) is 4.60. The molecule has 0 aliphatic carbocycles. The molecule has 0 saturated heterocycles. The summed E-state index contributed by atoms with van der Waals surface area (Å²) in [5.41, 5.74) is 3.06. The lowest BCUT2D eigenvalue weighted by atomic mass is 10.2. The zero-order chi connectivity index (χ0) is 25.1. The monoisotopic (exact) mass is 494 g/mol. The Morgan fingerprint density at radius 2 is 1.50 bits per heavy atom. The predicted molar refractivity (Wildman–Crippen MR) is 147 cm³/mol. The van der Waals surface area contributed by atoms with Crippen LogP contribution in [-0.2, 0) is 0 Å². The van der Waals surface area contributed by atoms with Gasteiger partial charge in [-0.1, -0.05) is 49.4 Å². The molecule has 0 saturated carbocycles. The number of rotatable bonds is 7. The molecule has 6 heteroatoms. The molecule has 1 atom stereocenters. The van der Waals surface area contributed by atoms with E-state index in [0.29, 0.717) is 23.4 Å². The van der Waals surface area contributed by atoms with Gasteiger partial charge < -0.3 is 10.1 Å². The second-order valence-electron chi connectivity index (χ2n) is 8.43. The molecule has 36 heavy (non-hydrogen) atoms. The molecule has 5 aromatic rings. The lowest BCUT2D eigenvalue weighted by Gasteiger charge is -2.16. The molecule has 5 rings (SSSR count). The summed E-state index contributed by atoms with van der Waals surface area (Å²) in [6.07, 6.45) is 0.673. The Hall–Kier alpha value is -4.03. The highest BCUT2D eigenvalue weighted by atomic mass is 32.2. The van der Waals surface area contributed by atoms with Gasteiger partial charge in [-0.2, -0.15) is 0 Å². The van der Waals surface area contributed by atoms with E-state index in [9.17, 15) is 9.59 Å². The number of thioether (sulfide) groups is 1. The zero-order valence-electron chi connectivity index (χ0n) is 20.1. The van der Waals surface area contributed by atoms with Crippen molar-refractivity contribution in [3.05, 3.63) is 103 Å². The van der Waals surface area contributed by atoms with E-state index >= 15 is 0 Å². The Kier molecular flexibility index (Phi) is 6.78. The minimum atomic E-state index is -0.281. The van der Waals surface area contributed by atoms with Gasteiger partial charge in [0.2, 0.25) is 5.91 Å². The van der Waals surface area contributed by atoms with Gasteiger partial charge in [0, 0.05) is 26.9 Å². The number of ether oxygens (including phenoxy) is 1. The number of anilines is 1. The number of amides is 1.